The number of rotatable bonds is 10. The number of unbranched alkanes of at least 4 members (excludes halogenated alkanes) is 3. The number of anilines is 1. The van der Waals surface area contributed by atoms with Gasteiger partial charge < -0.3 is 15.8 Å². The van der Waals surface area contributed by atoms with Gasteiger partial charge in [0.2, 0.25) is 0 Å². The normalized spacial score (nSPS) is 10.5. The summed E-state index contributed by atoms with van der Waals surface area (Å²) in [5.41, 5.74) is 7.48. The van der Waals surface area contributed by atoms with E-state index >= 15 is 0 Å². The molecule has 1 heterocycles. The monoisotopic (exact) mass is 482 g/mol. The Kier molecular flexibility index (Phi) is 12.3. The Morgan fingerprint density at radius 3 is 2.42 bits per heavy atom. The fourth-order valence-electron chi connectivity index (χ4n) is 3.04. The third-order valence-electron chi connectivity index (χ3n) is 4.64. The first kappa shape index (κ1) is 27.0. The first-order chi connectivity index (χ1) is 14.2. The van der Waals surface area contributed by atoms with E-state index in [4.69, 9.17) is 27.1 Å². The summed E-state index contributed by atoms with van der Waals surface area (Å²) in [4.78, 5) is 9.41. The lowest BCUT2D eigenvalue weighted by molar-refractivity contribution is 0.415. The second kappa shape index (κ2) is 14.1. The van der Waals surface area contributed by atoms with Crippen molar-refractivity contribution in [3.8, 4) is 5.75 Å². The highest BCUT2D eigenvalue weighted by molar-refractivity contribution is 6.30. The van der Waals surface area contributed by atoms with Crippen LogP contribution in [0.5, 0.6) is 5.75 Å². The molecule has 0 fully saturated rings. The van der Waals surface area contributed by atoms with Crippen molar-refractivity contribution in [1.29, 1.82) is 0 Å². The van der Waals surface area contributed by atoms with E-state index in [-0.39, 0.29) is 24.8 Å². The lowest BCUT2D eigenvalue weighted by atomic mass is 10.2. The van der Waals surface area contributed by atoms with Crippen LogP contribution in [-0.2, 0) is 0 Å². The van der Waals surface area contributed by atoms with Crippen molar-refractivity contribution in [2.45, 2.75) is 25.7 Å². The number of methoxy groups -OCH3 is 1. The Hall–Kier alpha value is -2.05. The molecule has 3 rings (SSSR count). The third kappa shape index (κ3) is 8.19. The summed E-state index contributed by atoms with van der Waals surface area (Å²) in [5.74, 6) is 2.27. The Morgan fingerprint density at radius 1 is 0.968 bits per heavy atom. The van der Waals surface area contributed by atoms with Gasteiger partial charge in [0, 0.05) is 17.0 Å². The highest BCUT2D eigenvalue weighted by Crippen LogP contribution is 2.26. The predicted octanol–water partition coefficient (Wildman–Crippen LogP) is 6.24. The van der Waals surface area contributed by atoms with E-state index in [0.717, 1.165) is 71.8 Å². The molecule has 0 saturated heterocycles. The fourth-order valence-corrected chi connectivity index (χ4v) is 3.16. The van der Waals surface area contributed by atoms with Gasteiger partial charge in [0.15, 0.2) is 5.82 Å². The zero-order chi connectivity index (χ0) is 20.5. The number of ether oxygens (including phenoxy) is 1. The first-order valence-electron chi connectivity index (χ1n) is 9.93. The van der Waals surface area contributed by atoms with Crippen LogP contribution in [0.2, 0.25) is 5.02 Å². The number of benzene rings is 2. The maximum atomic E-state index is 5.95. The van der Waals surface area contributed by atoms with Gasteiger partial charge >= 0.3 is 0 Å². The standard InChI is InChI=1S/C23H27ClN4O.2ClH/c1-29-19-11-12-21-20(16-19)23(26-15-5-3-2-4-14-25)28-22(27-21)13-8-17-6-9-18(24)10-7-17;;/h6-13,16H,2-5,14-15,25H2,1H3,(H,26,27,28);2*1H/b13-8+;;. The second-order valence-corrected chi connectivity index (χ2v) is 7.26. The SMILES string of the molecule is COc1ccc2nc(/C=C/c3ccc(Cl)cc3)nc(NCCCCCCN)c2c1.Cl.Cl. The molecule has 31 heavy (non-hydrogen) atoms. The van der Waals surface area contributed by atoms with Crippen LogP contribution < -0.4 is 15.8 Å². The van der Waals surface area contributed by atoms with Crippen molar-refractivity contribution in [3.05, 3.63) is 58.9 Å². The number of halogens is 3. The molecule has 0 bridgehead atoms. The van der Waals surface area contributed by atoms with Gasteiger partial charge in [0.25, 0.3) is 0 Å². The van der Waals surface area contributed by atoms with Gasteiger partial charge in [-0.3, -0.25) is 0 Å². The minimum atomic E-state index is 0. The summed E-state index contributed by atoms with van der Waals surface area (Å²) in [5, 5.41) is 5.14. The van der Waals surface area contributed by atoms with Crippen molar-refractivity contribution in [2.24, 2.45) is 5.73 Å². The molecule has 0 amide bonds. The van der Waals surface area contributed by atoms with Crippen LogP contribution >= 0.6 is 36.4 Å². The van der Waals surface area contributed by atoms with Crippen LogP contribution in [-0.4, -0.2) is 30.2 Å². The van der Waals surface area contributed by atoms with E-state index in [2.05, 4.69) is 10.3 Å². The van der Waals surface area contributed by atoms with Crippen molar-refractivity contribution in [3.63, 3.8) is 0 Å². The first-order valence-corrected chi connectivity index (χ1v) is 10.3. The van der Waals surface area contributed by atoms with E-state index in [1.165, 1.54) is 0 Å². The number of fused-ring (bicyclic) bond motifs is 1. The summed E-state index contributed by atoms with van der Waals surface area (Å²) in [6.45, 7) is 1.61. The molecular formula is C23H29Cl3N4O. The molecule has 0 saturated carbocycles. The number of nitrogens with two attached hydrogens (primary N) is 1. The number of hydrogen-bond donors (Lipinski definition) is 2. The molecule has 8 heteroatoms. The van der Waals surface area contributed by atoms with Gasteiger partial charge in [-0.25, -0.2) is 9.97 Å². The average Bonchev–Trinajstić information content (AvgIpc) is 2.75. The summed E-state index contributed by atoms with van der Waals surface area (Å²) in [6.07, 6.45) is 8.36. The van der Waals surface area contributed by atoms with Crippen LogP contribution in [0.15, 0.2) is 42.5 Å². The summed E-state index contributed by atoms with van der Waals surface area (Å²) in [7, 11) is 1.66. The Balaban J connectivity index is 0.00000240. The van der Waals surface area contributed by atoms with Gasteiger partial charge in [-0.2, -0.15) is 0 Å². The smallest absolute Gasteiger partial charge is 0.154 e. The number of hydrogen-bond acceptors (Lipinski definition) is 5. The topological polar surface area (TPSA) is 73.1 Å². The van der Waals surface area contributed by atoms with E-state index in [0.29, 0.717) is 5.82 Å². The summed E-state index contributed by atoms with van der Waals surface area (Å²) in [6, 6.07) is 13.5. The highest BCUT2D eigenvalue weighted by Gasteiger charge is 2.08. The quantitative estimate of drug-likeness (QED) is 0.334. The van der Waals surface area contributed by atoms with Crippen LogP contribution in [0, 0.1) is 0 Å². The lowest BCUT2D eigenvalue weighted by Gasteiger charge is -2.11. The van der Waals surface area contributed by atoms with Gasteiger partial charge in [0.1, 0.15) is 11.6 Å². The van der Waals surface area contributed by atoms with E-state index in [1.54, 1.807) is 7.11 Å². The predicted molar refractivity (Wildman–Crippen MR) is 137 cm³/mol. The number of nitrogens with one attached hydrogen (secondary N) is 1. The van der Waals surface area contributed by atoms with Crippen molar-refractivity contribution in [1.82, 2.24) is 9.97 Å². The second-order valence-electron chi connectivity index (χ2n) is 6.83. The van der Waals surface area contributed by atoms with E-state index in [9.17, 15) is 0 Å². The number of nitrogens with zero attached hydrogens (tertiary/aromatic N) is 2. The van der Waals surface area contributed by atoms with Gasteiger partial charge in [0.05, 0.1) is 12.6 Å². The van der Waals surface area contributed by atoms with Crippen LogP contribution in [0.3, 0.4) is 0 Å². The van der Waals surface area contributed by atoms with Crippen molar-refractivity contribution >= 4 is 65.3 Å². The molecule has 0 aliphatic rings. The van der Waals surface area contributed by atoms with E-state index in [1.807, 2.05) is 54.6 Å². The third-order valence-corrected chi connectivity index (χ3v) is 4.89. The van der Waals surface area contributed by atoms with Crippen LogP contribution in [0.25, 0.3) is 23.1 Å². The zero-order valence-electron chi connectivity index (χ0n) is 17.5. The van der Waals surface area contributed by atoms with Gasteiger partial charge in [-0.1, -0.05) is 42.7 Å². The minimum absolute atomic E-state index is 0. The van der Waals surface area contributed by atoms with Crippen LogP contribution in [0.4, 0.5) is 5.82 Å². The Bertz CT molecular complexity index is 965. The summed E-state index contributed by atoms with van der Waals surface area (Å²) < 4.78 is 5.37. The minimum Gasteiger partial charge on any atom is -0.497 e. The maximum absolute atomic E-state index is 5.95. The lowest BCUT2D eigenvalue weighted by Crippen LogP contribution is -2.06. The average molecular weight is 484 g/mol. The van der Waals surface area contributed by atoms with Gasteiger partial charge in [-0.15, -0.1) is 24.8 Å². The highest BCUT2D eigenvalue weighted by atomic mass is 35.5. The Morgan fingerprint density at radius 2 is 1.71 bits per heavy atom. The summed E-state index contributed by atoms with van der Waals surface area (Å²) >= 11 is 5.95. The molecular weight excluding hydrogens is 455 g/mol. The van der Waals surface area contributed by atoms with Gasteiger partial charge in [-0.05, 0) is 61.4 Å². The van der Waals surface area contributed by atoms with Crippen LogP contribution in [0.1, 0.15) is 37.1 Å². The molecule has 3 N–H and O–H groups in total. The molecule has 5 nitrogen and oxygen atoms in total. The molecule has 0 radical (unpaired) electrons. The molecule has 168 valence electrons. The fraction of sp³-hybridized carbons (Fsp3) is 0.304. The molecule has 2 aromatic carbocycles. The molecule has 0 aliphatic carbocycles. The molecule has 1 aromatic heterocycles. The molecule has 0 aliphatic heterocycles. The molecule has 0 atom stereocenters. The van der Waals surface area contributed by atoms with Crippen molar-refractivity contribution in [2.75, 3.05) is 25.5 Å². The van der Waals surface area contributed by atoms with E-state index < -0.39 is 0 Å². The largest absolute Gasteiger partial charge is 0.497 e. The molecule has 3 aromatic rings. The maximum Gasteiger partial charge on any atom is 0.154 e. The Labute approximate surface area is 201 Å². The number of aromatic nitrogens is 2. The zero-order valence-corrected chi connectivity index (χ0v) is 19.9. The van der Waals surface area contributed by atoms with Crippen molar-refractivity contribution < 1.29 is 4.74 Å². The molecule has 0 spiro atoms. The molecule has 0 unspecified atom stereocenters.